The summed E-state index contributed by atoms with van der Waals surface area (Å²) in [5, 5.41) is 5.68. The second-order valence-corrected chi connectivity index (χ2v) is 5.68. The molecule has 0 spiro atoms. The molecule has 1 N–H and O–H groups in total. The number of aryl methyl sites for hydroxylation is 1. The third kappa shape index (κ3) is 3.03. The molecule has 0 aliphatic heterocycles. The van der Waals surface area contributed by atoms with E-state index in [1.54, 1.807) is 0 Å². The monoisotopic (exact) mass is 262 g/mol. The third-order valence-corrected chi connectivity index (χ3v) is 4.37. The fraction of sp³-hybridized carbons (Fsp3) is 0.467. The lowest BCUT2D eigenvalue weighted by atomic mass is 10.2. The number of hydrogen-bond acceptors (Lipinski definition) is 2. The second kappa shape index (κ2) is 6.21. The van der Waals surface area contributed by atoms with Gasteiger partial charge in [0.05, 0.1) is 0 Å². The number of rotatable bonds is 6. The van der Waals surface area contributed by atoms with Crippen LogP contribution in [0.5, 0.6) is 0 Å². The van der Waals surface area contributed by atoms with Crippen LogP contribution in [-0.2, 0) is 19.5 Å². The van der Waals surface area contributed by atoms with Crippen molar-refractivity contribution in [1.29, 1.82) is 0 Å². The largest absolute Gasteiger partial charge is 0.349 e. The van der Waals surface area contributed by atoms with E-state index in [1.807, 2.05) is 11.3 Å². The quantitative estimate of drug-likeness (QED) is 0.788. The molecule has 0 aromatic carbocycles. The molecule has 2 heterocycles. The molecule has 0 unspecified atom stereocenters. The summed E-state index contributed by atoms with van der Waals surface area (Å²) >= 11 is 1.84. The van der Waals surface area contributed by atoms with Crippen molar-refractivity contribution in [3.05, 3.63) is 45.4 Å². The van der Waals surface area contributed by atoms with Crippen molar-refractivity contribution in [3.63, 3.8) is 0 Å². The Morgan fingerprint density at radius 1 is 1.33 bits per heavy atom. The van der Waals surface area contributed by atoms with Gasteiger partial charge in [0.15, 0.2) is 0 Å². The highest BCUT2D eigenvalue weighted by molar-refractivity contribution is 7.09. The predicted molar refractivity (Wildman–Crippen MR) is 79.3 cm³/mol. The summed E-state index contributed by atoms with van der Waals surface area (Å²) in [7, 11) is 0. The lowest BCUT2D eigenvalue weighted by Gasteiger charge is -2.07. The van der Waals surface area contributed by atoms with Crippen LogP contribution in [0.2, 0.25) is 0 Å². The summed E-state index contributed by atoms with van der Waals surface area (Å²) in [5.74, 6) is 0. The molecule has 98 valence electrons. The third-order valence-electron chi connectivity index (χ3n) is 3.44. The van der Waals surface area contributed by atoms with Gasteiger partial charge in [0.25, 0.3) is 0 Å². The molecule has 0 saturated carbocycles. The number of aromatic nitrogens is 1. The van der Waals surface area contributed by atoms with Crippen molar-refractivity contribution >= 4 is 11.3 Å². The highest BCUT2D eigenvalue weighted by Crippen LogP contribution is 2.14. The topological polar surface area (TPSA) is 17.0 Å². The maximum Gasteiger partial charge on any atom is 0.0223 e. The fourth-order valence-electron chi connectivity index (χ4n) is 2.43. The summed E-state index contributed by atoms with van der Waals surface area (Å²) in [4.78, 5) is 1.46. The van der Waals surface area contributed by atoms with Crippen LogP contribution in [0, 0.1) is 13.8 Å². The highest BCUT2D eigenvalue weighted by atomic mass is 32.1. The standard InChI is InChI=1S/C15H22N2S/c1-4-17-12(2)10-14(13(17)3)11-16-8-7-15-6-5-9-18-15/h5-6,9-10,16H,4,7-8,11H2,1-3H3. The molecular formula is C15H22N2S. The van der Waals surface area contributed by atoms with Gasteiger partial charge in [-0.25, -0.2) is 0 Å². The fourth-order valence-corrected chi connectivity index (χ4v) is 3.14. The minimum absolute atomic E-state index is 0.977. The van der Waals surface area contributed by atoms with Gasteiger partial charge < -0.3 is 9.88 Å². The number of nitrogens with one attached hydrogen (secondary N) is 1. The smallest absolute Gasteiger partial charge is 0.0223 e. The Labute approximate surface area is 114 Å². The number of hydrogen-bond donors (Lipinski definition) is 1. The van der Waals surface area contributed by atoms with Crippen molar-refractivity contribution in [3.8, 4) is 0 Å². The molecule has 0 amide bonds. The Morgan fingerprint density at radius 3 is 2.78 bits per heavy atom. The highest BCUT2D eigenvalue weighted by Gasteiger charge is 2.06. The average molecular weight is 262 g/mol. The van der Waals surface area contributed by atoms with E-state index < -0.39 is 0 Å². The Hall–Kier alpha value is -1.06. The summed E-state index contributed by atoms with van der Waals surface area (Å²) in [6.45, 7) is 9.70. The summed E-state index contributed by atoms with van der Waals surface area (Å²) in [6.07, 6.45) is 1.13. The van der Waals surface area contributed by atoms with Crippen LogP contribution in [0.15, 0.2) is 23.6 Å². The minimum Gasteiger partial charge on any atom is -0.349 e. The van der Waals surface area contributed by atoms with Crippen LogP contribution in [-0.4, -0.2) is 11.1 Å². The molecule has 2 aromatic rings. The van der Waals surface area contributed by atoms with E-state index in [-0.39, 0.29) is 0 Å². The van der Waals surface area contributed by atoms with E-state index in [9.17, 15) is 0 Å². The molecule has 0 fully saturated rings. The first kappa shape index (κ1) is 13.4. The predicted octanol–water partition coefficient (Wildman–Crippen LogP) is 3.52. The van der Waals surface area contributed by atoms with E-state index in [4.69, 9.17) is 0 Å². The van der Waals surface area contributed by atoms with Crippen LogP contribution in [0.4, 0.5) is 0 Å². The van der Waals surface area contributed by atoms with Gasteiger partial charge in [-0.3, -0.25) is 0 Å². The molecule has 0 saturated heterocycles. The first-order chi connectivity index (χ1) is 8.72. The number of thiophene rings is 1. The van der Waals surface area contributed by atoms with Gasteiger partial charge >= 0.3 is 0 Å². The van der Waals surface area contributed by atoms with E-state index in [0.29, 0.717) is 0 Å². The lowest BCUT2D eigenvalue weighted by molar-refractivity contribution is 0.675. The van der Waals surface area contributed by atoms with Gasteiger partial charge in [0.1, 0.15) is 0 Å². The van der Waals surface area contributed by atoms with Crippen molar-refractivity contribution < 1.29 is 0 Å². The molecule has 18 heavy (non-hydrogen) atoms. The average Bonchev–Trinajstić information content (AvgIpc) is 2.94. The zero-order valence-corrected chi connectivity index (χ0v) is 12.3. The first-order valence-electron chi connectivity index (χ1n) is 6.61. The molecule has 0 aliphatic carbocycles. The Morgan fingerprint density at radius 2 is 2.17 bits per heavy atom. The van der Waals surface area contributed by atoms with Gasteiger partial charge in [-0.2, -0.15) is 0 Å². The molecular weight excluding hydrogens is 240 g/mol. The Balaban J connectivity index is 1.83. The molecule has 2 nitrogen and oxygen atoms in total. The first-order valence-corrected chi connectivity index (χ1v) is 7.49. The van der Waals surface area contributed by atoms with Crippen LogP contribution in [0.25, 0.3) is 0 Å². The number of nitrogens with zero attached hydrogens (tertiary/aromatic N) is 1. The van der Waals surface area contributed by atoms with E-state index in [0.717, 1.165) is 26.1 Å². The van der Waals surface area contributed by atoms with Crippen molar-refractivity contribution in [2.24, 2.45) is 0 Å². The van der Waals surface area contributed by atoms with Crippen LogP contribution < -0.4 is 5.32 Å². The maximum absolute atomic E-state index is 3.54. The maximum atomic E-state index is 3.54. The normalized spacial score (nSPS) is 11.1. The summed E-state index contributed by atoms with van der Waals surface area (Å²) in [5.41, 5.74) is 4.20. The molecule has 0 aliphatic rings. The molecule has 0 atom stereocenters. The van der Waals surface area contributed by atoms with E-state index in [1.165, 1.54) is 21.8 Å². The molecule has 2 rings (SSSR count). The minimum atomic E-state index is 0.977. The van der Waals surface area contributed by atoms with Gasteiger partial charge in [-0.15, -0.1) is 11.3 Å². The van der Waals surface area contributed by atoms with Gasteiger partial charge in [-0.1, -0.05) is 6.07 Å². The zero-order valence-electron chi connectivity index (χ0n) is 11.5. The van der Waals surface area contributed by atoms with E-state index in [2.05, 4.69) is 54.2 Å². The van der Waals surface area contributed by atoms with E-state index >= 15 is 0 Å². The van der Waals surface area contributed by atoms with Crippen LogP contribution in [0.1, 0.15) is 28.8 Å². The molecule has 0 radical (unpaired) electrons. The van der Waals surface area contributed by atoms with Gasteiger partial charge in [0, 0.05) is 35.9 Å². The Bertz CT molecular complexity index is 483. The second-order valence-electron chi connectivity index (χ2n) is 4.65. The molecule has 0 bridgehead atoms. The summed E-state index contributed by atoms with van der Waals surface area (Å²) < 4.78 is 2.37. The molecule has 3 heteroatoms. The lowest BCUT2D eigenvalue weighted by Crippen LogP contribution is -2.16. The summed E-state index contributed by atoms with van der Waals surface area (Å²) in [6, 6.07) is 6.63. The van der Waals surface area contributed by atoms with Gasteiger partial charge in [0.2, 0.25) is 0 Å². The Kier molecular flexibility index (Phi) is 4.61. The zero-order chi connectivity index (χ0) is 13.0. The van der Waals surface area contributed by atoms with Crippen LogP contribution >= 0.6 is 11.3 Å². The van der Waals surface area contributed by atoms with Gasteiger partial charge in [-0.05, 0) is 50.3 Å². The van der Waals surface area contributed by atoms with Crippen molar-refractivity contribution in [2.75, 3.05) is 6.54 Å². The SMILES string of the molecule is CCn1c(C)cc(CNCCc2cccs2)c1C. The molecule has 2 aromatic heterocycles. The van der Waals surface area contributed by atoms with Crippen molar-refractivity contribution in [1.82, 2.24) is 9.88 Å². The van der Waals surface area contributed by atoms with Crippen LogP contribution in [0.3, 0.4) is 0 Å². The van der Waals surface area contributed by atoms with Crippen molar-refractivity contribution in [2.45, 2.75) is 40.3 Å².